The third kappa shape index (κ3) is 6.35. The highest BCUT2D eigenvalue weighted by atomic mass is 32.1. The second-order valence-electron chi connectivity index (χ2n) is 8.54. The lowest BCUT2D eigenvalue weighted by Gasteiger charge is -2.42. The fourth-order valence-corrected chi connectivity index (χ4v) is 5.87. The second-order valence-corrected chi connectivity index (χ2v) is 10.5. The number of carbonyl (C=O) groups excluding carboxylic acids is 2. The monoisotopic (exact) mass is 507 g/mol. The predicted octanol–water partition coefficient (Wildman–Crippen LogP) is 3.43. The number of benzene rings is 1. The van der Waals surface area contributed by atoms with Gasteiger partial charge in [0.25, 0.3) is 5.91 Å². The van der Waals surface area contributed by atoms with Crippen LogP contribution in [0.25, 0.3) is 0 Å². The molecule has 0 radical (unpaired) electrons. The minimum Gasteiger partial charge on any atom is -0.353 e. The largest absolute Gasteiger partial charge is 0.353 e. The number of carbonyl (C=O) groups is 2. The van der Waals surface area contributed by atoms with Crippen molar-refractivity contribution in [2.45, 2.75) is 38.0 Å². The molecule has 0 spiro atoms. The fourth-order valence-electron chi connectivity index (χ4n) is 4.46. The Morgan fingerprint density at radius 1 is 1.11 bits per heavy atom. The average Bonchev–Trinajstić information content (AvgIpc) is 3.61. The minimum absolute atomic E-state index is 0.0942. The van der Waals surface area contributed by atoms with Crippen LogP contribution in [0.4, 0.5) is 0 Å². The van der Waals surface area contributed by atoms with Crippen molar-refractivity contribution in [3.63, 3.8) is 0 Å². The number of nitrogens with zero attached hydrogens (tertiary/aromatic N) is 3. The van der Waals surface area contributed by atoms with E-state index in [0.717, 1.165) is 18.5 Å². The first-order valence-corrected chi connectivity index (χ1v) is 13.4. The molecular weight excluding hydrogens is 478 g/mol. The summed E-state index contributed by atoms with van der Waals surface area (Å²) in [6.45, 7) is 2.70. The summed E-state index contributed by atoms with van der Waals surface area (Å²) in [7, 11) is 0. The maximum absolute atomic E-state index is 13.2. The van der Waals surface area contributed by atoms with Gasteiger partial charge in [-0.2, -0.15) is 5.26 Å². The molecule has 182 valence electrons. The summed E-state index contributed by atoms with van der Waals surface area (Å²) in [6.07, 6.45) is 1.33. The first kappa shape index (κ1) is 25.1. The maximum atomic E-state index is 13.2. The van der Waals surface area contributed by atoms with Crippen LogP contribution in [0.1, 0.15) is 38.5 Å². The smallest absolute Gasteiger partial charge is 0.264 e. The molecule has 1 aliphatic heterocycles. The third-order valence-electron chi connectivity index (χ3n) is 6.24. The van der Waals surface area contributed by atoms with Crippen molar-refractivity contribution >= 4 is 34.5 Å². The molecule has 2 aromatic heterocycles. The zero-order chi connectivity index (χ0) is 24.6. The molecule has 1 fully saturated rings. The van der Waals surface area contributed by atoms with E-state index in [1.54, 1.807) is 16.2 Å². The highest BCUT2D eigenvalue weighted by Crippen LogP contribution is 2.28. The Morgan fingerprint density at radius 2 is 1.89 bits per heavy atom. The van der Waals surface area contributed by atoms with Crippen LogP contribution >= 0.6 is 22.7 Å². The van der Waals surface area contributed by atoms with Gasteiger partial charge in [-0.25, -0.2) is 0 Å². The number of hydrogen-bond donors (Lipinski definition) is 2. The lowest BCUT2D eigenvalue weighted by atomic mass is 9.94. The van der Waals surface area contributed by atoms with E-state index in [-0.39, 0.29) is 17.9 Å². The van der Waals surface area contributed by atoms with Crippen LogP contribution in [-0.4, -0.2) is 53.3 Å². The van der Waals surface area contributed by atoms with Crippen LogP contribution in [0.15, 0.2) is 59.3 Å². The zero-order valence-electron chi connectivity index (χ0n) is 19.4. The van der Waals surface area contributed by atoms with Gasteiger partial charge in [-0.15, -0.1) is 22.7 Å². The first-order chi connectivity index (χ1) is 17.1. The Hall–Kier alpha value is -3.03. The molecule has 1 aromatic carbocycles. The Morgan fingerprint density at radius 3 is 2.54 bits per heavy atom. The Kier molecular flexibility index (Phi) is 8.66. The van der Waals surface area contributed by atoms with Gasteiger partial charge in [-0.3, -0.25) is 14.5 Å². The molecule has 1 saturated heterocycles. The van der Waals surface area contributed by atoms with E-state index in [1.165, 1.54) is 16.2 Å². The molecule has 35 heavy (non-hydrogen) atoms. The van der Waals surface area contributed by atoms with Crippen molar-refractivity contribution in [1.29, 1.82) is 5.26 Å². The molecule has 9 heteroatoms. The second kappa shape index (κ2) is 12.1. The average molecular weight is 508 g/mol. The standard InChI is InChI=1S/C26H29N5O2S2/c27-10-11-29-25(32)23-15-21(9-12-31(23)26(33)24-4-2-14-35-24)30(18-22-3-1-13-34-22)17-20-7-5-19(16-28)6-8-20/h1-8,13-14,21,23H,9-12,15,17-18,27H2,(H,29,32)/t21?,23-/m1/s1. The molecule has 3 aromatic rings. The van der Waals surface area contributed by atoms with Crippen LogP contribution in [0, 0.1) is 11.3 Å². The normalized spacial score (nSPS) is 17.8. The molecule has 3 N–H and O–H groups in total. The van der Waals surface area contributed by atoms with Crippen molar-refractivity contribution in [2.24, 2.45) is 5.73 Å². The number of piperidine rings is 1. The lowest BCUT2D eigenvalue weighted by molar-refractivity contribution is -0.127. The quantitative estimate of drug-likeness (QED) is 0.462. The molecule has 2 atom stereocenters. The van der Waals surface area contributed by atoms with Crippen LogP contribution in [0.3, 0.4) is 0 Å². The van der Waals surface area contributed by atoms with Gasteiger partial charge in [0.05, 0.1) is 16.5 Å². The highest BCUT2D eigenvalue weighted by molar-refractivity contribution is 7.12. The summed E-state index contributed by atoms with van der Waals surface area (Å²) < 4.78 is 0. The number of amides is 2. The van der Waals surface area contributed by atoms with Gasteiger partial charge in [0.1, 0.15) is 6.04 Å². The van der Waals surface area contributed by atoms with Gasteiger partial charge in [-0.1, -0.05) is 24.3 Å². The fraction of sp³-hybridized carbons (Fsp3) is 0.346. The summed E-state index contributed by atoms with van der Waals surface area (Å²) in [6, 6.07) is 17.2. The van der Waals surface area contributed by atoms with E-state index in [4.69, 9.17) is 11.0 Å². The number of hydrogen-bond acceptors (Lipinski definition) is 7. The van der Waals surface area contributed by atoms with E-state index >= 15 is 0 Å². The summed E-state index contributed by atoms with van der Waals surface area (Å²) >= 11 is 3.11. The summed E-state index contributed by atoms with van der Waals surface area (Å²) in [5.74, 6) is -0.247. The number of thiophene rings is 2. The molecule has 1 aliphatic rings. The van der Waals surface area contributed by atoms with Crippen molar-refractivity contribution < 1.29 is 9.59 Å². The van der Waals surface area contributed by atoms with Crippen molar-refractivity contribution in [3.8, 4) is 6.07 Å². The molecule has 0 saturated carbocycles. The molecule has 1 unspecified atom stereocenters. The third-order valence-corrected chi connectivity index (χ3v) is 7.96. The maximum Gasteiger partial charge on any atom is 0.264 e. The Bertz CT molecular complexity index is 1140. The van der Waals surface area contributed by atoms with Gasteiger partial charge >= 0.3 is 0 Å². The zero-order valence-corrected chi connectivity index (χ0v) is 21.1. The Labute approximate surface area is 213 Å². The van der Waals surface area contributed by atoms with Gasteiger partial charge in [0.15, 0.2) is 0 Å². The summed E-state index contributed by atoms with van der Waals surface area (Å²) in [5, 5.41) is 16.0. The van der Waals surface area contributed by atoms with Crippen molar-refractivity contribution in [3.05, 3.63) is 80.2 Å². The molecule has 4 rings (SSSR count). The van der Waals surface area contributed by atoms with E-state index in [2.05, 4.69) is 27.7 Å². The first-order valence-electron chi connectivity index (χ1n) is 11.7. The van der Waals surface area contributed by atoms with E-state index < -0.39 is 6.04 Å². The van der Waals surface area contributed by atoms with E-state index in [9.17, 15) is 9.59 Å². The highest BCUT2D eigenvalue weighted by Gasteiger charge is 2.38. The minimum atomic E-state index is -0.554. The van der Waals surface area contributed by atoms with Gasteiger partial charge in [-0.05, 0) is 53.4 Å². The van der Waals surface area contributed by atoms with Crippen LogP contribution in [0.2, 0.25) is 0 Å². The Balaban J connectivity index is 1.56. The van der Waals surface area contributed by atoms with Crippen molar-refractivity contribution in [1.82, 2.24) is 15.1 Å². The predicted molar refractivity (Wildman–Crippen MR) is 139 cm³/mol. The molecule has 2 amide bonds. The topological polar surface area (TPSA) is 102 Å². The number of likely N-dealkylation sites (tertiary alicyclic amines) is 1. The van der Waals surface area contributed by atoms with Crippen LogP contribution in [-0.2, 0) is 17.9 Å². The van der Waals surface area contributed by atoms with Crippen molar-refractivity contribution in [2.75, 3.05) is 19.6 Å². The number of nitrogens with two attached hydrogens (primary N) is 1. The van der Waals surface area contributed by atoms with Gasteiger partial charge in [0.2, 0.25) is 5.91 Å². The summed E-state index contributed by atoms with van der Waals surface area (Å²) in [5.41, 5.74) is 7.36. The van der Waals surface area contributed by atoms with Gasteiger partial charge in [0, 0.05) is 43.6 Å². The molecule has 0 bridgehead atoms. The molecule has 7 nitrogen and oxygen atoms in total. The van der Waals surface area contributed by atoms with E-state index in [1.807, 2.05) is 47.8 Å². The van der Waals surface area contributed by atoms with Crippen LogP contribution < -0.4 is 11.1 Å². The number of rotatable bonds is 9. The molecular formula is C26H29N5O2S2. The van der Waals surface area contributed by atoms with E-state index in [0.29, 0.717) is 43.0 Å². The lowest BCUT2D eigenvalue weighted by Crippen LogP contribution is -2.57. The number of nitriles is 1. The summed E-state index contributed by atoms with van der Waals surface area (Å²) in [4.78, 5) is 32.4. The van der Waals surface area contributed by atoms with Crippen LogP contribution in [0.5, 0.6) is 0 Å². The molecule has 0 aliphatic carbocycles. The van der Waals surface area contributed by atoms with Gasteiger partial charge < -0.3 is 16.0 Å². The SMILES string of the molecule is N#Cc1ccc(CN(Cc2cccs2)C2CCN(C(=O)c3cccs3)[C@@H](C(=O)NCCN)C2)cc1. The molecule has 3 heterocycles. The number of nitrogens with one attached hydrogen (secondary N) is 1.